The van der Waals surface area contributed by atoms with E-state index in [0.717, 1.165) is 22.3 Å². The number of rotatable bonds is 8. The Hall–Kier alpha value is -2.87. The molecule has 3 rings (SSSR count). The van der Waals surface area contributed by atoms with Crippen molar-refractivity contribution in [2.24, 2.45) is 5.14 Å². The summed E-state index contributed by atoms with van der Waals surface area (Å²) in [6, 6.07) is 12.6. The largest absolute Gasteiger partial charge is 0.319 e. The maximum absolute atomic E-state index is 13.1. The molecule has 0 aliphatic heterocycles. The van der Waals surface area contributed by atoms with Crippen LogP contribution in [0.5, 0.6) is 0 Å². The molecule has 10 heteroatoms. The van der Waals surface area contributed by atoms with Crippen LogP contribution in [0.1, 0.15) is 24.5 Å². The molecule has 0 unspecified atom stereocenters. The van der Waals surface area contributed by atoms with Crippen LogP contribution in [0.4, 0.5) is 5.69 Å². The van der Waals surface area contributed by atoms with E-state index in [-0.39, 0.29) is 23.0 Å². The molecular weight excluding hydrogens is 446 g/mol. The number of carbonyl (C=O) groups excluding carboxylic acids is 1. The molecule has 1 aromatic heterocycles. The molecule has 1 heterocycles. The number of aryl methyl sites for hydroxylation is 3. The molecule has 2 N–H and O–H groups in total. The molecule has 32 heavy (non-hydrogen) atoms. The summed E-state index contributed by atoms with van der Waals surface area (Å²) in [6.07, 6.45) is 0.229. The lowest BCUT2D eigenvalue weighted by Crippen LogP contribution is -2.33. The minimum atomic E-state index is -3.83. The van der Waals surface area contributed by atoms with Crippen LogP contribution < -0.4 is 10.0 Å². The highest BCUT2D eigenvalue weighted by molar-refractivity contribution is 7.99. The zero-order valence-electron chi connectivity index (χ0n) is 18.2. The Kier molecular flexibility index (Phi) is 7.23. The number of amides is 1. The van der Waals surface area contributed by atoms with E-state index in [1.54, 1.807) is 11.0 Å². The molecule has 1 amide bonds. The van der Waals surface area contributed by atoms with Crippen molar-refractivity contribution < 1.29 is 13.2 Å². The molecule has 0 bridgehead atoms. The van der Waals surface area contributed by atoms with Crippen LogP contribution in [-0.4, -0.2) is 36.2 Å². The van der Waals surface area contributed by atoms with Gasteiger partial charge in [-0.05, 0) is 62.2 Å². The van der Waals surface area contributed by atoms with Gasteiger partial charge in [-0.15, -0.1) is 0 Å². The molecule has 0 saturated heterocycles. The Morgan fingerprint density at radius 3 is 2.50 bits per heavy atom. The van der Waals surface area contributed by atoms with E-state index in [0.29, 0.717) is 23.8 Å². The van der Waals surface area contributed by atoms with Gasteiger partial charge in [0.25, 0.3) is 0 Å². The number of carbonyl (C=O) groups is 1. The Morgan fingerprint density at radius 1 is 1.22 bits per heavy atom. The molecular formula is C22H25N5O3S2. The van der Waals surface area contributed by atoms with Gasteiger partial charge in [0, 0.05) is 18.8 Å². The second-order valence-corrected chi connectivity index (χ2v) is 9.93. The number of primary sulfonamides is 1. The van der Waals surface area contributed by atoms with Crippen molar-refractivity contribution in [3.63, 3.8) is 0 Å². The van der Waals surface area contributed by atoms with Gasteiger partial charge in [0.2, 0.25) is 15.9 Å². The van der Waals surface area contributed by atoms with E-state index in [4.69, 9.17) is 10.4 Å². The average Bonchev–Trinajstić information content (AvgIpc) is 3.07. The molecule has 2 aromatic carbocycles. The van der Waals surface area contributed by atoms with Crippen LogP contribution in [-0.2, 0) is 21.4 Å². The number of thioether (sulfide) groups is 1. The van der Waals surface area contributed by atoms with Crippen molar-refractivity contribution in [3.8, 4) is 6.07 Å². The molecule has 0 aliphatic rings. The summed E-state index contributed by atoms with van der Waals surface area (Å²) >= 11 is 1.28. The van der Waals surface area contributed by atoms with Crippen LogP contribution >= 0.6 is 11.8 Å². The highest BCUT2D eigenvalue weighted by Gasteiger charge is 2.19. The van der Waals surface area contributed by atoms with Gasteiger partial charge in [-0.2, -0.15) is 5.26 Å². The summed E-state index contributed by atoms with van der Waals surface area (Å²) in [5.41, 5.74) is 4.13. The van der Waals surface area contributed by atoms with Crippen molar-refractivity contribution in [2.45, 2.75) is 43.8 Å². The highest BCUT2D eigenvalue weighted by atomic mass is 32.2. The Labute approximate surface area is 192 Å². The molecule has 0 spiro atoms. The first-order valence-electron chi connectivity index (χ1n) is 10.1. The minimum Gasteiger partial charge on any atom is -0.319 e. The quantitative estimate of drug-likeness (QED) is 0.503. The molecule has 0 atom stereocenters. The second-order valence-electron chi connectivity index (χ2n) is 7.42. The Balaban J connectivity index is 1.87. The fourth-order valence-corrected chi connectivity index (χ4v) is 5.04. The fourth-order valence-electron chi connectivity index (χ4n) is 3.55. The zero-order chi connectivity index (χ0) is 23.5. The van der Waals surface area contributed by atoms with Gasteiger partial charge >= 0.3 is 0 Å². The zero-order valence-corrected chi connectivity index (χ0v) is 19.8. The van der Waals surface area contributed by atoms with E-state index < -0.39 is 10.0 Å². The number of nitriles is 1. The number of anilines is 1. The number of benzene rings is 2. The lowest BCUT2D eigenvalue weighted by atomic mass is 10.1. The SMILES string of the molecule is CCn1c(SCC(=O)N(CCC#N)c2cc(C)cc(C)c2)nc2cc(S(N)(=O)=O)ccc21. The van der Waals surface area contributed by atoms with Gasteiger partial charge in [0.1, 0.15) is 0 Å². The van der Waals surface area contributed by atoms with E-state index in [2.05, 4.69) is 11.1 Å². The van der Waals surface area contributed by atoms with E-state index >= 15 is 0 Å². The third-order valence-corrected chi connectivity index (χ3v) is 6.79. The lowest BCUT2D eigenvalue weighted by molar-refractivity contribution is -0.116. The third-order valence-electron chi connectivity index (χ3n) is 4.92. The number of fused-ring (bicyclic) bond motifs is 1. The number of hydrogen-bond acceptors (Lipinski definition) is 6. The van der Waals surface area contributed by atoms with E-state index in [9.17, 15) is 13.2 Å². The normalized spacial score (nSPS) is 11.5. The molecule has 0 radical (unpaired) electrons. The van der Waals surface area contributed by atoms with Gasteiger partial charge in [-0.1, -0.05) is 17.8 Å². The van der Waals surface area contributed by atoms with Crippen molar-refractivity contribution in [1.29, 1.82) is 5.26 Å². The molecule has 0 saturated carbocycles. The van der Waals surface area contributed by atoms with Crippen LogP contribution in [0, 0.1) is 25.2 Å². The lowest BCUT2D eigenvalue weighted by Gasteiger charge is -2.22. The number of nitrogens with zero attached hydrogens (tertiary/aromatic N) is 4. The molecule has 3 aromatic rings. The molecule has 168 valence electrons. The number of nitrogens with two attached hydrogens (primary N) is 1. The average molecular weight is 472 g/mol. The number of aromatic nitrogens is 2. The van der Waals surface area contributed by atoms with Crippen molar-refractivity contribution in [3.05, 3.63) is 47.5 Å². The first-order valence-corrected chi connectivity index (χ1v) is 12.6. The number of hydrogen-bond donors (Lipinski definition) is 1. The molecule has 0 fully saturated rings. The Bertz CT molecular complexity index is 1290. The van der Waals surface area contributed by atoms with E-state index in [1.807, 2.05) is 43.5 Å². The number of sulfonamides is 1. The monoisotopic (exact) mass is 471 g/mol. The van der Waals surface area contributed by atoms with Crippen molar-refractivity contribution in [1.82, 2.24) is 9.55 Å². The highest BCUT2D eigenvalue weighted by Crippen LogP contribution is 2.27. The van der Waals surface area contributed by atoms with Crippen molar-refractivity contribution in [2.75, 3.05) is 17.2 Å². The van der Waals surface area contributed by atoms with Gasteiger partial charge in [0.15, 0.2) is 5.16 Å². The summed E-state index contributed by atoms with van der Waals surface area (Å²) in [7, 11) is -3.83. The maximum atomic E-state index is 13.1. The second kappa shape index (κ2) is 9.73. The maximum Gasteiger partial charge on any atom is 0.238 e. The molecule has 8 nitrogen and oxygen atoms in total. The smallest absolute Gasteiger partial charge is 0.238 e. The summed E-state index contributed by atoms with van der Waals surface area (Å²) in [5.74, 6) is -0.000704. The summed E-state index contributed by atoms with van der Waals surface area (Å²) in [4.78, 5) is 19.3. The predicted octanol–water partition coefficient (Wildman–Crippen LogP) is 3.36. The Morgan fingerprint density at radius 2 is 1.91 bits per heavy atom. The molecule has 0 aliphatic carbocycles. The van der Waals surface area contributed by atoms with Gasteiger partial charge in [-0.3, -0.25) is 4.79 Å². The summed E-state index contributed by atoms with van der Waals surface area (Å²) in [6.45, 7) is 6.81. The first-order chi connectivity index (χ1) is 15.1. The predicted molar refractivity (Wildman–Crippen MR) is 126 cm³/mol. The van der Waals surface area contributed by atoms with Crippen LogP contribution in [0.3, 0.4) is 0 Å². The summed E-state index contributed by atoms with van der Waals surface area (Å²) < 4.78 is 25.3. The van der Waals surface area contributed by atoms with Gasteiger partial charge < -0.3 is 9.47 Å². The van der Waals surface area contributed by atoms with E-state index in [1.165, 1.54) is 23.9 Å². The number of imidazole rings is 1. The minimum absolute atomic E-state index is 0.00382. The standard InChI is InChI=1S/C22H25N5O3S2/c1-4-26-20-7-6-18(32(24,29)30)13-19(20)25-22(26)31-14-21(28)27(9-5-8-23)17-11-15(2)10-16(3)12-17/h6-7,10-13H,4-5,9,14H2,1-3H3,(H2,24,29,30). The third kappa shape index (κ3) is 5.30. The van der Waals surface area contributed by atoms with Gasteiger partial charge in [-0.25, -0.2) is 18.5 Å². The first kappa shape index (κ1) is 23.8. The van der Waals surface area contributed by atoms with Gasteiger partial charge in [0.05, 0.1) is 34.2 Å². The fraction of sp³-hybridized carbons (Fsp3) is 0.318. The van der Waals surface area contributed by atoms with Crippen LogP contribution in [0.2, 0.25) is 0 Å². The van der Waals surface area contributed by atoms with Crippen LogP contribution in [0.15, 0.2) is 46.5 Å². The topological polar surface area (TPSA) is 122 Å². The van der Waals surface area contributed by atoms with Crippen LogP contribution in [0.25, 0.3) is 11.0 Å². The summed E-state index contributed by atoms with van der Waals surface area (Å²) in [5, 5.41) is 14.9. The van der Waals surface area contributed by atoms with Crippen molar-refractivity contribution >= 4 is 44.4 Å².